The van der Waals surface area contributed by atoms with E-state index >= 15 is 0 Å². The second-order valence-electron chi connectivity index (χ2n) is 11.8. The number of aromatic hydroxyl groups is 2. The number of carbonyl (C=O) groups is 3. The number of rotatable bonds is 20. The van der Waals surface area contributed by atoms with Gasteiger partial charge in [-0.2, -0.15) is 0 Å². The minimum Gasteiger partial charge on any atom is -0.504 e. The molecular weight excluding hydrogens is 572 g/mol. The topological polar surface area (TPSA) is 134 Å². The number of methoxy groups -OCH3 is 2. The van der Waals surface area contributed by atoms with Crippen molar-refractivity contribution in [2.75, 3.05) is 14.2 Å². The summed E-state index contributed by atoms with van der Waals surface area (Å²) >= 11 is 0. The average molecular weight is 629 g/mol. The standard InChI is InChI=1S/C19H31NO3.C17H25NO4/c1-15(2)9-7-5-4-6-8-10-19(22)20-14-16-11-12-17(21)18(13-16)23-3;1-3-4-5-6-7-8-9-16(20)18-17(21)13-10-11-14(19)15(12-13)22-2/h11-13,15,21H,4-10,14H2,1-3H3,(H,20,22);10-12,19H,3-9H2,1-2H3,(H,18,20,21). The lowest BCUT2D eigenvalue weighted by Gasteiger charge is -2.08. The molecule has 0 bridgehead atoms. The molecule has 3 amide bonds. The fourth-order valence-electron chi connectivity index (χ4n) is 4.64. The van der Waals surface area contributed by atoms with Gasteiger partial charge in [0.2, 0.25) is 11.8 Å². The van der Waals surface area contributed by atoms with E-state index in [1.165, 1.54) is 77.4 Å². The zero-order valence-electron chi connectivity index (χ0n) is 28.1. The van der Waals surface area contributed by atoms with Gasteiger partial charge in [-0.3, -0.25) is 19.7 Å². The van der Waals surface area contributed by atoms with Crippen LogP contribution in [0.5, 0.6) is 23.0 Å². The van der Waals surface area contributed by atoms with E-state index in [0.29, 0.717) is 25.1 Å². The first-order chi connectivity index (χ1) is 21.6. The highest BCUT2D eigenvalue weighted by Gasteiger charge is 2.13. The Morgan fingerprint density at radius 2 is 1.24 bits per heavy atom. The number of carbonyl (C=O) groups excluding carboxylic acids is 3. The maximum atomic E-state index is 11.9. The Morgan fingerprint density at radius 3 is 1.84 bits per heavy atom. The van der Waals surface area contributed by atoms with E-state index in [1.54, 1.807) is 18.2 Å². The molecule has 9 nitrogen and oxygen atoms in total. The molecule has 2 aromatic rings. The van der Waals surface area contributed by atoms with Gasteiger partial charge in [0.25, 0.3) is 5.91 Å². The molecule has 4 N–H and O–H groups in total. The Balaban J connectivity index is 0.000000450. The number of benzene rings is 2. The number of imide groups is 1. The predicted molar refractivity (Wildman–Crippen MR) is 179 cm³/mol. The summed E-state index contributed by atoms with van der Waals surface area (Å²) in [6.07, 6.45) is 14.7. The zero-order chi connectivity index (χ0) is 33.5. The maximum absolute atomic E-state index is 11.9. The van der Waals surface area contributed by atoms with Gasteiger partial charge in [0, 0.05) is 24.9 Å². The minimum absolute atomic E-state index is 0.0440. The SMILES string of the molecule is CCCCCCCCC(=O)NC(=O)c1ccc(O)c(OC)c1.COc1cc(CNC(=O)CCCCCCCC(C)C)ccc1O. The second-order valence-corrected chi connectivity index (χ2v) is 11.8. The number of amides is 3. The van der Waals surface area contributed by atoms with Gasteiger partial charge in [0.15, 0.2) is 23.0 Å². The number of ether oxygens (including phenoxy) is 2. The lowest BCUT2D eigenvalue weighted by Crippen LogP contribution is -2.30. The van der Waals surface area contributed by atoms with Crippen molar-refractivity contribution >= 4 is 17.7 Å². The molecular formula is C36H56N2O7. The van der Waals surface area contributed by atoms with Crippen molar-refractivity contribution in [2.24, 2.45) is 5.92 Å². The van der Waals surface area contributed by atoms with Crippen LogP contribution in [0.1, 0.15) is 127 Å². The summed E-state index contributed by atoms with van der Waals surface area (Å²) in [5, 5.41) is 24.3. The lowest BCUT2D eigenvalue weighted by molar-refractivity contribution is -0.121. The van der Waals surface area contributed by atoms with Crippen molar-refractivity contribution in [3.63, 3.8) is 0 Å². The van der Waals surface area contributed by atoms with E-state index in [0.717, 1.165) is 43.6 Å². The molecule has 2 rings (SSSR count). The summed E-state index contributed by atoms with van der Waals surface area (Å²) in [6, 6.07) is 9.33. The third-order valence-electron chi connectivity index (χ3n) is 7.37. The Kier molecular flexibility index (Phi) is 20.6. The van der Waals surface area contributed by atoms with E-state index < -0.39 is 5.91 Å². The van der Waals surface area contributed by atoms with Crippen molar-refractivity contribution in [3.8, 4) is 23.0 Å². The van der Waals surface area contributed by atoms with Gasteiger partial charge in [-0.25, -0.2) is 0 Å². The van der Waals surface area contributed by atoms with Crippen molar-refractivity contribution in [3.05, 3.63) is 47.5 Å². The normalized spacial score (nSPS) is 10.5. The summed E-state index contributed by atoms with van der Waals surface area (Å²) in [5.74, 6) is 0.826. The third-order valence-corrected chi connectivity index (χ3v) is 7.37. The molecule has 0 aromatic heterocycles. The number of unbranched alkanes of at least 4 members (excludes halogenated alkanes) is 9. The van der Waals surface area contributed by atoms with Crippen LogP contribution in [0.15, 0.2) is 36.4 Å². The van der Waals surface area contributed by atoms with Gasteiger partial charge in [-0.05, 0) is 54.7 Å². The van der Waals surface area contributed by atoms with Crippen molar-refractivity contribution in [1.82, 2.24) is 10.6 Å². The van der Waals surface area contributed by atoms with Gasteiger partial charge >= 0.3 is 0 Å². The maximum Gasteiger partial charge on any atom is 0.257 e. The van der Waals surface area contributed by atoms with Crippen LogP contribution in [0, 0.1) is 5.92 Å². The van der Waals surface area contributed by atoms with Crippen LogP contribution >= 0.6 is 0 Å². The molecule has 0 fully saturated rings. The van der Waals surface area contributed by atoms with Gasteiger partial charge in [0.05, 0.1) is 14.2 Å². The van der Waals surface area contributed by atoms with Gasteiger partial charge in [0.1, 0.15) is 0 Å². The van der Waals surface area contributed by atoms with E-state index in [9.17, 15) is 24.6 Å². The predicted octanol–water partition coefficient (Wildman–Crippen LogP) is 7.81. The Bertz CT molecular complexity index is 1150. The molecule has 9 heteroatoms. The Hall–Kier alpha value is -3.75. The molecule has 0 aliphatic rings. The Labute approximate surface area is 270 Å². The first-order valence-corrected chi connectivity index (χ1v) is 16.4. The van der Waals surface area contributed by atoms with Gasteiger partial charge in [-0.15, -0.1) is 0 Å². The molecule has 252 valence electrons. The van der Waals surface area contributed by atoms with E-state index in [4.69, 9.17) is 9.47 Å². The summed E-state index contributed by atoms with van der Waals surface area (Å²) < 4.78 is 9.99. The molecule has 0 heterocycles. The van der Waals surface area contributed by atoms with Crippen molar-refractivity contribution in [2.45, 2.75) is 117 Å². The first-order valence-electron chi connectivity index (χ1n) is 16.4. The van der Waals surface area contributed by atoms with Gasteiger partial charge < -0.3 is 25.0 Å². The third kappa shape index (κ3) is 18.0. The fraction of sp³-hybridized carbons (Fsp3) is 0.583. The summed E-state index contributed by atoms with van der Waals surface area (Å²) in [4.78, 5) is 35.5. The fourth-order valence-corrected chi connectivity index (χ4v) is 4.64. The van der Waals surface area contributed by atoms with Crippen LogP contribution in [0.4, 0.5) is 0 Å². The molecule has 0 aliphatic heterocycles. The van der Waals surface area contributed by atoms with Crippen LogP contribution in [0.25, 0.3) is 0 Å². The highest BCUT2D eigenvalue weighted by atomic mass is 16.5. The number of phenolic OH excluding ortho intramolecular Hbond substituents is 2. The molecule has 0 unspecified atom stereocenters. The number of phenols is 2. The summed E-state index contributed by atoms with van der Waals surface area (Å²) in [6.45, 7) is 7.14. The van der Waals surface area contributed by atoms with E-state index in [1.807, 2.05) is 0 Å². The number of hydrogen-bond donors (Lipinski definition) is 4. The highest BCUT2D eigenvalue weighted by Crippen LogP contribution is 2.27. The molecule has 0 saturated heterocycles. The lowest BCUT2D eigenvalue weighted by atomic mass is 10.0. The van der Waals surface area contributed by atoms with Crippen molar-refractivity contribution in [1.29, 1.82) is 0 Å². The van der Waals surface area contributed by atoms with Crippen LogP contribution in [-0.4, -0.2) is 42.2 Å². The molecule has 45 heavy (non-hydrogen) atoms. The van der Waals surface area contributed by atoms with Crippen LogP contribution < -0.4 is 20.1 Å². The molecule has 2 aromatic carbocycles. The highest BCUT2D eigenvalue weighted by molar-refractivity contribution is 6.05. The van der Waals surface area contributed by atoms with Crippen LogP contribution in [-0.2, 0) is 16.1 Å². The zero-order valence-corrected chi connectivity index (χ0v) is 28.1. The molecule has 0 aliphatic carbocycles. The first kappa shape index (κ1) is 39.3. The van der Waals surface area contributed by atoms with Gasteiger partial charge in [-0.1, -0.05) is 91.0 Å². The van der Waals surface area contributed by atoms with E-state index in [2.05, 4.69) is 31.4 Å². The number of nitrogens with one attached hydrogen (secondary N) is 2. The Morgan fingerprint density at radius 1 is 0.711 bits per heavy atom. The molecule has 0 atom stereocenters. The average Bonchev–Trinajstić information content (AvgIpc) is 3.02. The second kappa shape index (κ2) is 23.6. The van der Waals surface area contributed by atoms with Crippen LogP contribution in [0.2, 0.25) is 0 Å². The largest absolute Gasteiger partial charge is 0.504 e. The number of hydrogen-bond acceptors (Lipinski definition) is 7. The quantitative estimate of drug-likeness (QED) is 0.110. The monoisotopic (exact) mass is 628 g/mol. The van der Waals surface area contributed by atoms with Crippen molar-refractivity contribution < 1.29 is 34.1 Å². The van der Waals surface area contributed by atoms with E-state index in [-0.39, 0.29) is 34.6 Å². The minimum atomic E-state index is -0.478. The molecule has 0 radical (unpaired) electrons. The smallest absolute Gasteiger partial charge is 0.257 e. The summed E-state index contributed by atoms with van der Waals surface area (Å²) in [7, 11) is 2.92. The molecule has 0 spiro atoms. The van der Waals surface area contributed by atoms with Crippen LogP contribution in [0.3, 0.4) is 0 Å². The summed E-state index contributed by atoms with van der Waals surface area (Å²) in [5.41, 5.74) is 1.20. The molecule has 0 saturated carbocycles.